The van der Waals surface area contributed by atoms with E-state index in [1.165, 1.54) is 47.0 Å². The van der Waals surface area contributed by atoms with Crippen LogP contribution in [-0.4, -0.2) is 20.5 Å². The molecule has 2 heterocycles. The van der Waals surface area contributed by atoms with Gasteiger partial charge in [-0.2, -0.15) is 26.3 Å². The number of nitrogens with zero attached hydrogens (tertiary/aromatic N) is 3. The zero-order chi connectivity index (χ0) is 23.8. The van der Waals surface area contributed by atoms with Crippen LogP contribution in [0.25, 0.3) is 17.0 Å². The first-order valence-electron chi connectivity index (χ1n) is 9.49. The fraction of sp³-hybridized carbons (Fsp3) is 0.136. The summed E-state index contributed by atoms with van der Waals surface area (Å²) in [6.45, 7) is -0.149. The molecule has 0 saturated heterocycles. The molecular formula is C22H14F6N4O. The number of hydrogen-bond acceptors (Lipinski definition) is 3. The van der Waals surface area contributed by atoms with Gasteiger partial charge in [-0.25, -0.2) is 0 Å². The van der Waals surface area contributed by atoms with Gasteiger partial charge >= 0.3 is 12.4 Å². The SMILES string of the molecule is O=C(NCc1cccc(C(F)(F)F)c1)c1ccc2nnc(-c3cccc(C(F)(F)F)c3)n2c1. The summed E-state index contributed by atoms with van der Waals surface area (Å²) < 4.78 is 79.1. The van der Waals surface area contributed by atoms with Gasteiger partial charge in [-0.1, -0.05) is 24.3 Å². The van der Waals surface area contributed by atoms with E-state index in [0.717, 1.165) is 24.3 Å². The molecule has 0 spiro atoms. The lowest BCUT2D eigenvalue weighted by atomic mass is 10.1. The summed E-state index contributed by atoms with van der Waals surface area (Å²) in [7, 11) is 0. The van der Waals surface area contributed by atoms with E-state index in [1.807, 2.05) is 0 Å². The predicted octanol–water partition coefficient (Wildman–Crippen LogP) is 5.36. The van der Waals surface area contributed by atoms with Gasteiger partial charge < -0.3 is 5.32 Å². The summed E-state index contributed by atoms with van der Waals surface area (Å²) in [5.41, 5.74) is -0.844. The smallest absolute Gasteiger partial charge is 0.348 e. The van der Waals surface area contributed by atoms with Crippen LogP contribution >= 0.6 is 0 Å². The lowest BCUT2D eigenvalue weighted by Crippen LogP contribution is -2.23. The first-order chi connectivity index (χ1) is 15.5. The van der Waals surface area contributed by atoms with Gasteiger partial charge in [-0.3, -0.25) is 9.20 Å². The van der Waals surface area contributed by atoms with Crippen LogP contribution in [0.1, 0.15) is 27.0 Å². The third-order valence-electron chi connectivity index (χ3n) is 4.82. The van der Waals surface area contributed by atoms with Gasteiger partial charge in [0.2, 0.25) is 0 Å². The second-order valence-electron chi connectivity index (χ2n) is 7.13. The number of amides is 1. The molecular weight excluding hydrogens is 450 g/mol. The third kappa shape index (κ3) is 4.81. The highest BCUT2D eigenvalue weighted by Crippen LogP contribution is 2.32. The summed E-state index contributed by atoms with van der Waals surface area (Å²) in [5, 5.41) is 10.4. The Morgan fingerprint density at radius 2 is 1.52 bits per heavy atom. The molecule has 2 aromatic carbocycles. The van der Waals surface area contributed by atoms with E-state index in [-0.39, 0.29) is 29.1 Å². The van der Waals surface area contributed by atoms with Crippen LogP contribution in [0.4, 0.5) is 26.3 Å². The molecule has 0 aliphatic carbocycles. The molecule has 0 atom stereocenters. The fourth-order valence-electron chi connectivity index (χ4n) is 3.20. The number of nitrogens with one attached hydrogen (secondary N) is 1. The van der Waals surface area contributed by atoms with Crippen LogP contribution in [-0.2, 0) is 18.9 Å². The molecule has 0 saturated carbocycles. The summed E-state index contributed by atoms with van der Waals surface area (Å²) in [4.78, 5) is 12.6. The van der Waals surface area contributed by atoms with Gasteiger partial charge in [0, 0.05) is 18.3 Å². The third-order valence-corrected chi connectivity index (χ3v) is 4.82. The van der Waals surface area contributed by atoms with Gasteiger partial charge in [0.05, 0.1) is 16.7 Å². The molecule has 0 aliphatic rings. The number of benzene rings is 2. The first kappa shape index (κ1) is 22.3. The van der Waals surface area contributed by atoms with Gasteiger partial charge in [0.1, 0.15) is 0 Å². The quantitative estimate of drug-likeness (QED) is 0.414. The van der Waals surface area contributed by atoms with Crippen LogP contribution in [0.15, 0.2) is 66.9 Å². The summed E-state index contributed by atoms with van der Waals surface area (Å²) in [5.74, 6) is -0.485. The van der Waals surface area contributed by atoms with Crippen molar-refractivity contribution in [3.8, 4) is 11.4 Å². The Bertz CT molecular complexity index is 1330. The zero-order valence-corrected chi connectivity index (χ0v) is 16.6. The molecule has 170 valence electrons. The minimum atomic E-state index is -4.54. The van der Waals surface area contributed by atoms with Crippen molar-refractivity contribution in [3.63, 3.8) is 0 Å². The number of fused-ring (bicyclic) bond motifs is 1. The molecule has 33 heavy (non-hydrogen) atoms. The minimum Gasteiger partial charge on any atom is -0.348 e. The highest BCUT2D eigenvalue weighted by Gasteiger charge is 2.31. The number of rotatable bonds is 4. The predicted molar refractivity (Wildman–Crippen MR) is 106 cm³/mol. The van der Waals surface area contributed by atoms with Gasteiger partial charge in [0.25, 0.3) is 5.91 Å². The molecule has 4 rings (SSSR count). The van der Waals surface area contributed by atoms with Crippen molar-refractivity contribution in [3.05, 3.63) is 89.1 Å². The average molecular weight is 464 g/mol. The van der Waals surface area contributed by atoms with E-state index in [1.54, 1.807) is 0 Å². The standard InChI is InChI=1S/C22H14F6N4O/c23-21(24,25)16-5-1-3-13(9-16)11-29-20(33)15-7-8-18-30-31-19(32(18)12-15)14-4-2-6-17(10-14)22(26,27)28/h1-10,12H,11H2,(H,29,33). The van der Waals surface area contributed by atoms with E-state index < -0.39 is 29.4 Å². The van der Waals surface area contributed by atoms with Crippen LogP contribution in [0, 0.1) is 0 Å². The number of aromatic nitrogens is 3. The van der Waals surface area contributed by atoms with E-state index in [9.17, 15) is 31.1 Å². The van der Waals surface area contributed by atoms with Crippen molar-refractivity contribution in [1.29, 1.82) is 0 Å². The normalized spacial score (nSPS) is 12.2. The molecule has 0 bridgehead atoms. The molecule has 0 unspecified atom stereocenters. The Hall–Kier alpha value is -3.89. The number of pyridine rings is 1. The van der Waals surface area contributed by atoms with Gasteiger partial charge in [-0.05, 0) is 42.0 Å². The Balaban J connectivity index is 1.58. The van der Waals surface area contributed by atoms with E-state index in [0.29, 0.717) is 5.65 Å². The maximum atomic E-state index is 13.1. The summed E-state index contributed by atoms with van der Waals surface area (Å²) in [6, 6.07) is 12.0. The van der Waals surface area contributed by atoms with Crippen molar-refractivity contribution in [2.45, 2.75) is 18.9 Å². The van der Waals surface area contributed by atoms with Crippen molar-refractivity contribution < 1.29 is 31.1 Å². The summed E-state index contributed by atoms with van der Waals surface area (Å²) >= 11 is 0. The molecule has 4 aromatic rings. The van der Waals surface area contributed by atoms with Crippen LogP contribution < -0.4 is 5.32 Å². The fourth-order valence-corrected chi connectivity index (χ4v) is 3.20. The zero-order valence-electron chi connectivity index (χ0n) is 16.6. The van der Waals surface area contributed by atoms with E-state index in [2.05, 4.69) is 15.5 Å². The number of carbonyl (C=O) groups is 1. The highest BCUT2D eigenvalue weighted by molar-refractivity contribution is 5.94. The second-order valence-corrected chi connectivity index (χ2v) is 7.13. The average Bonchev–Trinajstić information content (AvgIpc) is 3.20. The lowest BCUT2D eigenvalue weighted by Gasteiger charge is -2.10. The molecule has 0 aliphatic heterocycles. The first-order valence-corrected chi connectivity index (χ1v) is 9.49. The maximum absolute atomic E-state index is 13.1. The largest absolute Gasteiger partial charge is 0.416 e. The van der Waals surface area contributed by atoms with Crippen molar-refractivity contribution >= 4 is 11.6 Å². The Labute approximate surface area is 182 Å². The minimum absolute atomic E-state index is 0.101. The van der Waals surface area contributed by atoms with Crippen molar-refractivity contribution in [1.82, 2.24) is 19.9 Å². The molecule has 0 radical (unpaired) electrons. The number of carbonyl (C=O) groups excluding carboxylic acids is 1. The maximum Gasteiger partial charge on any atom is 0.416 e. The Morgan fingerprint density at radius 3 is 2.21 bits per heavy atom. The van der Waals surface area contributed by atoms with Gasteiger partial charge in [0.15, 0.2) is 11.5 Å². The van der Waals surface area contributed by atoms with Crippen LogP contribution in [0.5, 0.6) is 0 Å². The highest BCUT2D eigenvalue weighted by atomic mass is 19.4. The van der Waals surface area contributed by atoms with Crippen LogP contribution in [0.3, 0.4) is 0 Å². The Kier molecular flexibility index (Phi) is 5.56. The topological polar surface area (TPSA) is 59.3 Å². The number of halogens is 6. The van der Waals surface area contributed by atoms with Gasteiger partial charge in [-0.15, -0.1) is 10.2 Å². The Morgan fingerprint density at radius 1 is 0.848 bits per heavy atom. The lowest BCUT2D eigenvalue weighted by molar-refractivity contribution is -0.138. The molecule has 2 aromatic heterocycles. The number of hydrogen-bond donors (Lipinski definition) is 1. The van der Waals surface area contributed by atoms with E-state index in [4.69, 9.17) is 0 Å². The number of alkyl halides is 6. The van der Waals surface area contributed by atoms with Crippen LogP contribution in [0.2, 0.25) is 0 Å². The monoisotopic (exact) mass is 464 g/mol. The molecule has 1 amide bonds. The second kappa shape index (κ2) is 8.23. The van der Waals surface area contributed by atoms with Crippen molar-refractivity contribution in [2.75, 3.05) is 0 Å². The van der Waals surface area contributed by atoms with Crippen molar-refractivity contribution in [2.24, 2.45) is 0 Å². The molecule has 5 nitrogen and oxygen atoms in total. The molecule has 11 heteroatoms. The summed E-state index contributed by atoms with van der Waals surface area (Å²) in [6.07, 6.45) is -7.68. The molecule has 0 fully saturated rings. The van der Waals surface area contributed by atoms with E-state index >= 15 is 0 Å². The molecule has 1 N–H and O–H groups in total.